The molecule has 6 heteroatoms. The summed E-state index contributed by atoms with van der Waals surface area (Å²) in [6.07, 6.45) is 3.24. The third kappa shape index (κ3) is 1.78. The maximum atomic E-state index is 10.4. The Hall–Kier alpha value is -2.37. The maximum absolute atomic E-state index is 10.4. The topological polar surface area (TPSA) is 87.0 Å². The van der Waals surface area contributed by atoms with E-state index < -0.39 is 4.92 Å². The van der Waals surface area contributed by atoms with Gasteiger partial charge in [0.25, 0.3) is 5.69 Å². The van der Waals surface area contributed by atoms with E-state index in [2.05, 4.69) is 5.10 Å². The fraction of sp³-hybridized carbons (Fsp3) is 0. The monoisotopic (exact) mass is 204 g/mol. The van der Waals surface area contributed by atoms with Crippen LogP contribution in [0.4, 0.5) is 5.69 Å². The second kappa shape index (κ2) is 3.41. The third-order valence-corrected chi connectivity index (χ3v) is 2.01. The first-order chi connectivity index (χ1) is 7.16. The highest BCUT2D eigenvalue weighted by atomic mass is 16.6. The van der Waals surface area contributed by atoms with Crippen LogP contribution in [0.3, 0.4) is 0 Å². The Bertz CT molecular complexity index is 489. The smallest absolute Gasteiger partial charge is 0.269 e. The number of hydrogen-bond acceptors (Lipinski definition) is 4. The van der Waals surface area contributed by atoms with Crippen LogP contribution in [0.1, 0.15) is 0 Å². The van der Waals surface area contributed by atoms with Crippen molar-refractivity contribution in [1.82, 2.24) is 9.89 Å². The summed E-state index contributed by atoms with van der Waals surface area (Å²) in [4.78, 5) is 11.2. The minimum absolute atomic E-state index is 0.0684. The highest BCUT2D eigenvalue weighted by Gasteiger charge is 2.05. The molecule has 0 aliphatic heterocycles. The summed E-state index contributed by atoms with van der Waals surface area (Å²) in [6.45, 7) is 0. The first kappa shape index (κ1) is 9.20. The Kier molecular flexibility index (Phi) is 2.09. The maximum Gasteiger partial charge on any atom is 0.269 e. The fourth-order valence-electron chi connectivity index (χ4n) is 1.26. The Balaban J connectivity index is 2.35. The van der Waals surface area contributed by atoms with Crippen molar-refractivity contribution in [3.8, 4) is 11.1 Å². The molecule has 1 aromatic carbocycles. The Morgan fingerprint density at radius 2 is 1.93 bits per heavy atom. The quantitative estimate of drug-likeness (QED) is 0.452. The molecular formula is C9H8N4O2. The molecule has 0 atom stereocenters. The molecule has 0 aliphatic rings. The van der Waals surface area contributed by atoms with Gasteiger partial charge in [0.05, 0.1) is 17.3 Å². The minimum Gasteiger partial charge on any atom is -0.323 e. The van der Waals surface area contributed by atoms with E-state index in [0.717, 1.165) is 11.1 Å². The van der Waals surface area contributed by atoms with Gasteiger partial charge >= 0.3 is 0 Å². The van der Waals surface area contributed by atoms with Gasteiger partial charge < -0.3 is 5.84 Å². The van der Waals surface area contributed by atoms with Crippen LogP contribution in [-0.4, -0.2) is 14.8 Å². The molecule has 1 heterocycles. The molecule has 0 saturated heterocycles. The predicted molar refractivity (Wildman–Crippen MR) is 54.5 cm³/mol. The molecule has 2 N–H and O–H groups in total. The van der Waals surface area contributed by atoms with E-state index in [4.69, 9.17) is 5.84 Å². The molecule has 0 fully saturated rings. The summed E-state index contributed by atoms with van der Waals surface area (Å²) in [6, 6.07) is 6.22. The van der Waals surface area contributed by atoms with E-state index in [1.54, 1.807) is 24.5 Å². The number of nitrogen functional groups attached to an aromatic ring is 1. The van der Waals surface area contributed by atoms with E-state index in [1.165, 1.54) is 16.9 Å². The van der Waals surface area contributed by atoms with E-state index >= 15 is 0 Å². The van der Waals surface area contributed by atoms with Gasteiger partial charge in [0.15, 0.2) is 0 Å². The lowest BCUT2D eigenvalue weighted by molar-refractivity contribution is -0.384. The number of rotatable bonds is 2. The van der Waals surface area contributed by atoms with Crippen molar-refractivity contribution in [2.75, 3.05) is 5.84 Å². The summed E-state index contributed by atoms with van der Waals surface area (Å²) in [5.41, 5.74) is 1.74. The molecule has 0 amide bonds. The van der Waals surface area contributed by atoms with Gasteiger partial charge in [-0.3, -0.25) is 10.1 Å². The van der Waals surface area contributed by atoms with Gasteiger partial charge in [-0.2, -0.15) is 9.89 Å². The third-order valence-electron chi connectivity index (χ3n) is 2.01. The molecule has 2 rings (SSSR count). The molecule has 0 aliphatic carbocycles. The number of hydrogen-bond donors (Lipinski definition) is 1. The zero-order valence-corrected chi connectivity index (χ0v) is 7.70. The normalized spacial score (nSPS) is 10.1. The first-order valence-electron chi connectivity index (χ1n) is 4.21. The van der Waals surface area contributed by atoms with Crippen molar-refractivity contribution in [2.24, 2.45) is 0 Å². The minimum atomic E-state index is -0.434. The van der Waals surface area contributed by atoms with Crippen molar-refractivity contribution < 1.29 is 4.92 Å². The molecule has 0 saturated carbocycles. The van der Waals surface area contributed by atoms with Crippen molar-refractivity contribution in [3.05, 3.63) is 46.8 Å². The molecular weight excluding hydrogens is 196 g/mol. The number of nitro groups is 1. The Morgan fingerprint density at radius 3 is 2.40 bits per heavy atom. The summed E-state index contributed by atoms with van der Waals surface area (Å²) < 4.78 is 0. The van der Waals surface area contributed by atoms with Gasteiger partial charge in [0.2, 0.25) is 0 Å². The molecule has 0 radical (unpaired) electrons. The molecule has 0 unspecified atom stereocenters. The average molecular weight is 204 g/mol. The summed E-state index contributed by atoms with van der Waals surface area (Å²) in [7, 11) is 0. The second-order valence-corrected chi connectivity index (χ2v) is 3.01. The van der Waals surface area contributed by atoms with E-state index in [1.807, 2.05) is 0 Å². The highest BCUT2D eigenvalue weighted by Crippen LogP contribution is 2.21. The van der Waals surface area contributed by atoms with Crippen LogP contribution in [0.2, 0.25) is 0 Å². The molecule has 2 aromatic rings. The molecule has 6 nitrogen and oxygen atoms in total. The number of nitro benzene ring substituents is 1. The van der Waals surface area contributed by atoms with Gasteiger partial charge in [-0.25, -0.2) is 0 Å². The van der Waals surface area contributed by atoms with Crippen molar-refractivity contribution in [2.45, 2.75) is 0 Å². The van der Waals surface area contributed by atoms with Crippen LogP contribution in [0.25, 0.3) is 11.1 Å². The summed E-state index contributed by atoms with van der Waals surface area (Å²) in [5.74, 6) is 5.39. The fourth-order valence-corrected chi connectivity index (χ4v) is 1.26. The lowest BCUT2D eigenvalue weighted by Crippen LogP contribution is -2.06. The van der Waals surface area contributed by atoms with Crippen molar-refractivity contribution >= 4 is 5.69 Å². The van der Waals surface area contributed by atoms with Crippen molar-refractivity contribution in [3.63, 3.8) is 0 Å². The average Bonchev–Trinajstić information content (AvgIpc) is 2.65. The van der Waals surface area contributed by atoms with E-state index in [-0.39, 0.29) is 5.69 Å². The lowest BCUT2D eigenvalue weighted by atomic mass is 10.1. The Morgan fingerprint density at radius 1 is 1.27 bits per heavy atom. The highest BCUT2D eigenvalue weighted by molar-refractivity contribution is 5.63. The van der Waals surface area contributed by atoms with Gasteiger partial charge in [-0.15, -0.1) is 0 Å². The summed E-state index contributed by atoms with van der Waals surface area (Å²) in [5, 5.41) is 14.2. The van der Waals surface area contributed by atoms with Crippen LogP contribution in [0.5, 0.6) is 0 Å². The van der Waals surface area contributed by atoms with Crippen LogP contribution in [-0.2, 0) is 0 Å². The molecule has 0 bridgehead atoms. The van der Waals surface area contributed by atoms with Gasteiger partial charge in [-0.05, 0) is 17.7 Å². The van der Waals surface area contributed by atoms with E-state index in [0.29, 0.717) is 0 Å². The number of benzene rings is 1. The standard InChI is InChI=1S/C9H8N4O2/c10-12-6-8(5-11-12)7-1-3-9(4-2-7)13(14)15/h1-6H,10H2. The largest absolute Gasteiger partial charge is 0.323 e. The van der Waals surface area contributed by atoms with Crippen LogP contribution >= 0.6 is 0 Å². The van der Waals surface area contributed by atoms with Crippen LogP contribution in [0.15, 0.2) is 36.7 Å². The SMILES string of the molecule is Nn1cc(-c2ccc([N+](=O)[O-])cc2)cn1. The predicted octanol–water partition coefficient (Wildman–Crippen LogP) is 1.17. The van der Waals surface area contributed by atoms with Gasteiger partial charge in [-0.1, -0.05) is 0 Å². The van der Waals surface area contributed by atoms with E-state index in [9.17, 15) is 10.1 Å². The first-order valence-corrected chi connectivity index (χ1v) is 4.21. The molecule has 1 aromatic heterocycles. The van der Waals surface area contributed by atoms with Crippen molar-refractivity contribution in [1.29, 1.82) is 0 Å². The lowest BCUT2D eigenvalue weighted by Gasteiger charge is -1.95. The van der Waals surface area contributed by atoms with Crippen LogP contribution in [0, 0.1) is 10.1 Å². The molecule has 0 spiro atoms. The number of non-ortho nitro benzene ring substituents is 1. The number of nitrogens with two attached hydrogens (primary N) is 1. The summed E-state index contributed by atoms with van der Waals surface area (Å²) >= 11 is 0. The Labute approximate surface area is 85.1 Å². The zero-order chi connectivity index (χ0) is 10.8. The zero-order valence-electron chi connectivity index (χ0n) is 7.70. The number of nitrogens with zero attached hydrogens (tertiary/aromatic N) is 3. The number of aromatic nitrogens is 2. The molecule has 76 valence electrons. The molecule has 15 heavy (non-hydrogen) atoms. The van der Waals surface area contributed by atoms with Gasteiger partial charge in [0, 0.05) is 17.7 Å². The van der Waals surface area contributed by atoms with Gasteiger partial charge in [0.1, 0.15) is 0 Å². The van der Waals surface area contributed by atoms with Crippen LogP contribution < -0.4 is 5.84 Å². The second-order valence-electron chi connectivity index (χ2n) is 3.01.